The minimum atomic E-state index is -0.268. The van der Waals surface area contributed by atoms with E-state index in [0.29, 0.717) is 16.7 Å². The highest BCUT2D eigenvalue weighted by atomic mass is 35.5. The number of aromatic nitrogens is 2. The van der Waals surface area contributed by atoms with Crippen molar-refractivity contribution < 1.29 is 4.39 Å². The Bertz CT molecular complexity index is 941. The maximum atomic E-state index is 13.4. The molecule has 7 heteroatoms. The second-order valence-corrected chi connectivity index (χ2v) is 6.87. The summed E-state index contributed by atoms with van der Waals surface area (Å²) in [6.45, 7) is 0.716. The first-order valence-electron chi connectivity index (χ1n) is 8.23. The van der Waals surface area contributed by atoms with E-state index in [1.54, 1.807) is 18.5 Å². The number of H-pyrrole nitrogens is 1. The Hall–Kier alpha value is -2.44. The average Bonchev–Trinajstić information content (AvgIpc) is 3.12. The third-order valence-electron chi connectivity index (χ3n) is 4.49. The average molecular weight is 387 g/mol. The van der Waals surface area contributed by atoms with Crippen molar-refractivity contribution in [2.45, 2.75) is 12.5 Å². The molecule has 0 aliphatic carbocycles. The van der Waals surface area contributed by atoms with E-state index in [1.165, 1.54) is 12.1 Å². The molecule has 132 valence electrons. The van der Waals surface area contributed by atoms with Gasteiger partial charge in [-0.25, -0.2) is 9.37 Å². The van der Waals surface area contributed by atoms with Crippen molar-refractivity contribution in [3.63, 3.8) is 0 Å². The monoisotopic (exact) mass is 386 g/mol. The molecule has 2 N–H and O–H groups in total. The molecule has 0 spiro atoms. The second kappa shape index (κ2) is 7.05. The summed E-state index contributed by atoms with van der Waals surface area (Å²) in [6.07, 6.45) is 2.49. The van der Waals surface area contributed by atoms with Gasteiger partial charge >= 0.3 is 0 Å². The van der Waals surface area contributed by atoms with Gasteiger partial charge in [-0.1, -0.05) is 35.9 Å². The fraction of sp³-hybridized carbons (Fsp3) is 0.158. The maximum absolute atomic E-state index is 13.4. The summed E-state index contributed by atoms with van der Waals surface area (Å²) in [5.74, 6) is -0.268. The van der Waals surface area contributed by atoms with Crippen LogP contribution in [0, 0.1) is 5.82 Å². The molecule has 0 saturated heterocycles. The first-order valence-corrected chi connectivity index (χ1v) is 9.02. The van der Waals surface area contributed by atoms with E-state index in [9.17, 15) is 4.39 Å². The molecule has 0 bridgehead atoms. The Morgan fingerprint density at radius 3 is 2.77 bits per heavy atom. The van der Waals surface area contributed by atoms with Crippen molar-refractivity contribution in [3.8, 4) is 0 Å². The highest BCUT2D eigenvalue weighted by Gasteiger charge is 2.32. The number of nitrogens with zero attached hydrogens (tertiary/aromatic N) is 2. The zero-order valence-electron chi connectivity index (χ0n) is 13.7. The van der Waals surface area contributed by atoms with E-state index < -0.39 is 0 Å². The lowest BCUT2D eigenvalue weighted by Gasteiger charge is -2.37. The van der Waals surface area contributed by atoms with E-state index in [0.717, 1.165) is 29.1 Å². The van der Waals surface area contributed by atoms with Crippen molar-refractivity contribution in [3.05, 3.63) is 82.6 Å². The number of fused-ring (bicyclic) bond motifs is 1. The van der Waals surface area contributed by atoms with Crippen LogP contribution in [0.25, 0.3) is 0 Å². The number of aromatic amines is 1. The first kappa shape index (κ1) is 17.0. The van der Waals surface area contributed by atoms with Gasteiger partial charge < -0.3 is 15.2 Å². The van der Waals surface area contributed by atoms with E-state index in [4.69, 9.17) is 23.8 Å². The minimum Gasteiger partial charge on any atom is -0.348 e. The summed E-state index contributed by atoms with van der Waals surface area (Å²) in [6, 6.07) is 13.7. The van der Waals surface area contributed by atoms with Crippen LogP contribution in [0.3, 0.4) is 0 Å². The molecule has 0 fully saturated rings. The standard InChI is InChI=1S/C19H16ClFN4S/c20-14-3-1-2-4-15(14)24-19(26)25-10-9-16-17(23-11-22-16)18(25)12-5-7-13(21)8-6-12/h1-8,11,18H,9-10H2,(H,22,23)(H,24,26). The van der Waals surface area contributed by atoms with E-state index in [-0.39, 0.29) is 11.9 Å². The molecular weight excluding hydrogens is 371 g/mol. The molecule has 1 aliphatic rings. The van der Waals surface area contributed by atoms with Crippen molar-refractivity contribution in [1.29, 1.82) is 0 Å². The number of benzene rings is 2. The van der Waals surface area contributed by atoms with E-state index >= 15 is 0 Å². The van der Waals surface area contributed by atoms with E-state index in [1.807, 2.05) is 24.3 Å². The van der Waals surface area contributed by atoms with Gasteiger partial charge in [0.05, 0.1) is 22.7 Å². The molecule has 4 nitrogen and oxygen atoms in total. The van der Waals surface area contributed by atoms with Crippen LogP contribution >= 0.6 is 23.8 Å². The fourth-order valence-corrected chi connectivity index (χ4v) is 3.72. The molecule has 2 heterocycles. The lowest BCUT2D eigenvalue weighted by atomic mass is 9.96. The van der Waals surface area contributed by atoms with Crippen LogP contribution in [0.2, 0.25) is 5.02 Å². The lowest BCUT2D eigenvalue weighted by Crippen LogP contribution is -2.43. The Kier molecular flexibility index (Phi) is 4.61. The predicted octanol–water partition coefficient (Wildman–Crippen LogP) is 4.55. The number of hydrogen-bond acceptors (Lipinski definition) is 2. The Labute approximate surface area is 161 Å². The van der Waals surface area contributed by atoms with Gasteiger partial charge in [-0.3, -0.25) is 0 Å². The van der Waals surface area contributed by atoms with Gasteiger partial charge in [0.1, 0.15) is 11.9 Å². The lowest BCUT2D eigenvalue weighted by molar-refractivity contribution is 0.336. The predicted molar refractivity (Wildman–Crippen MR) is 105 cm³/mol. The van der Waals surface area contributed by atoms with Gasteiger partial charge in [-0.15, -0.1) is 0 Å². The highest BCUT2D eigenvalue weighted by molar-refractivity contribution is 7.80. The third-order valence-corrected chi connectivity index (χ3v) is 5.15. The normalized spacial score (nSPS) is 16.2. The van der Waals surface area contributed by atoms with Gasteiger partial charge in [0.25, 0.3) is 0 Å². The molecule has 26 heavy (non-hydrogen) atoms. The summed E-state index contributed by atoms with van der Waals surface area (Å²) in [5.41, 5.74) is 3.68. The topological polar surface area (TPSA) is 44.0 Å². The number of anilines is 1. The van der Waals surface area contributed by atoms with Crippen LogP contribution < -0.4 is 5.32 Å². The summed E-state index contributed by atoms with van der Waals surface area (Å²) in [7, 11) is 0. The van der Waals surface area contributed by atoms with Gasteiger partial charge in [-0.2, -0.15) is 0 Å². The van der Waals surface area contributed by atoms with Crippen molar-refractivity contribution >= 4 is 34.6 Å². The van der Waals surface area contributed by atoms with Crippen LogP contribution in [0.5, 0.6) is 0 Å². The molecule has 3 aromatic rings. The Morgan fingerprint density at radius 1 is 1.23 bits per heavy atom. The number of nitrogens with one attached hydrogen (secondary N) is 2. The minimum absolute atomic E-state index is 0.187. The van der Waals surface area contributed by atoms with Crippen molar-refractivity contribution in [2.24, 2.45) is 0 Å². The van der Waals surface area contributed by atoms with Gasteiger partial charge in [0.15, 0.2) is 5.11 Å². The largest absolute Gasteiger partial charge is 0.348 e. The highest BCUT2D eigenvalue weighted by Crippen LogP contribution is 2.34. The van der Waals surface area contributed by atoms with Gasteiger partial charge in [-0.05, 0) is 42.0 Å². The number of rotatable bonds is 2. The SMILES string of the molecule is Fc1ccc(C2c3nc[nH]c3CCN2C(=S)Nc2ccccc2Cl)cc1. The molecule has 1 atom stereocenters. The first-order chi connectivity index (χ1) is 12.6. The zero-order chi connectivity index (χ0) is 18.1. The number of para-hydroxylation sites is 1. The van der Waals surface area contributed by atoms with E-state index in [2.05, 4.69) is 20.2 Å². The van der Waals surface area contributed by atoms with Crippen LogP contribution in [0.15, 0.2) is 54.9 Å². The number of halogens is 2. The summed E-state index contributed by atoms with van der Waals surface area (Å²) in [4.78, 5) is 9.74. The van der Waals surface area contributed by atoms with Gasteiger partial charge in [0, 0.05) is 18.7 Å². The number of imidazole rings is 1. The third kappa shape index (κ3) is 3.18. The van der Waals surface area contributed by atoms with Crippen molar-refractivity contribution in [1.82, 2.24) is 14.9 Å². The molecule has 4 rings (SSSR count). The van der Waals surface area contributed by atoms with Crippen molar-refractivity contribution in [2.75, 3.05) is 11.9 Å². The Balaban J connectivity index is 1.68. The fourth-order valence-electron chi connectivity index (χ4n) is 3.23. The molecular formula is C19H16ClFN4S. The molecule has 1 aromatic heterocycles. The molecule has 1 unspecified atom stereocenters. The number of hydrogen-bond donors (Lipinski definition) is 2. The molecule has 1 aliphatic heterocycles. The Morgan fingerprint density at radius 2 is 2.00 bits per heavy atom. The summed E-state index contributed by atoms with van der Waals surface area (Å²) in [5, 5.41) is 4.39. The van der Waals surface area contributed by atoms with Crippen LogP contribution in [-0.4, -0.2) is 26.5 Å². The molecule has 0 saturated carbocycles. The summed E-state index contributed by atoms with van der Waals surface area (Å²) >= 11 is 11.9. The molecule has 2 aromatic carbocycles. The quantitative estimate of drug-likeness (QED) is 0.634. The van der Waals surface area contributed by atoms with Gasteiger partial charge in [0.2, 0.25) is 0 Å². The molecule has 0 radical (unpaired) electrons. The zero-order valence-corrected chi connectivity index (χ0v) is 15.3. The number of thiocarbonyl (C=S) groups is 1. The summed E-state index contributed by atoms with van der Waals surface area (Å²) < 4.78 is 13.4. The van der Waals surface area contributed by atoms with Crippen LogP contribution in [0.1, 0.15) is 23.0 Å². The maximum Gasteiger partial charge on any atom is 0.174 e. The smallest absolute Gasteiger partial charge is 0.174 e. The van der Waals surface area contributed by atoms with Crippen LogP contribution in [0.4, 0.5) is 10.1 Å². The van der Waals surface area contributed by atoms with Crippen LogP contribution in [-0.2, 0) is 6.42 Å². The molecule has 0 amide bonds. The second-order valence-electron chi connectivity index (χ2n) is 6.07.